The van der Waals surface area contributed by atoms with Crippen LogP contribution in [-0.2, 0) is 9.47 Å². The zero-order chi connectivity index (χ0) is 13.9. The summed E-state index contributed by atoms with van der Waals surface area (Å²) in [6, 6.07) is 3.03. The van der Waals surface area contributed by atoms with Gasteiger partial charge in [-0.1, -0.05) is 0 Å². The molecule has 1 aromatic carbocycles. The number of amides is 1. The van der Waals surface area contributed by atoms with Crippen molar-refractivity contribution in [2.75, 3.05) is 19.8 Å². The largest absolute Gasteiger partial charge is 0.352 e. The van der Waals surface area contributed by atoms with Crippen LogP contribution in [0.15, 0.2) is 18.2 Å². The summed E-state index contributed by atoms with van der Waals surface area (Å²) in [5.41, 5.74) is 0.0808. The van der Waals surface area contributed by atoms with Gasteiger partial charge in [-0.2, -0.15) is 0 Å². The van der Waals surface area contributed by atoms with Crippen molar-refractivity contribution in [1.82, 2.24) is 5.32 Å². The van der Waals surface area contributed by atoms with Gasteiger partial charge in [0.05, 0.1) is 13.2 Å². The van der Waals surface area contributed by atoms with Gasteiger partial charge >= 0.3 is 0 Å². The van der Waals surface area contributed by atoms with Gasteiger partial charge in [0.1, 0.15) is 0 Å². The minimum atomic E-state index is -1.04. The number of carbonyl (C=O) groups is 1. The Hall–Kier alpha value is -1.53. The van der Waals surface area contributed by atoms with Crippen LogP contribution >= 0.6 is 0 Å². The lowest BCUT2D eigenvalue weighted by molar-refractivity contribution is -0.145. The van der Waals surface area contributed by atoms with Crippen LogP contribution in [0.2, 0.25) is 0 Å². The summed E-state index contributed by atoms with van der Waals surface area (Å²) in [5.74, 6) is -3.15. The third-order valence-corrected chi connectivity index (χ3v) is 2.94. The Labute approximate surface area is 109 Å². The number of nitrogens with one attached hydrogen (secondary N) is 1. The van der Waals surface area contributed by atoms with E-state index < -0.39 is 23.3 Å². The van der Waals surface area contributed by atoms with Crippen molar-refractivity contribution in [2.24, 2.45) is 0 Å². The second-order valence-electron chi connectivity index (χ2n) is 4.47. The van der Waals surface area contributed by atoms with Gasteiger partial charge in [-0.05, 0) is 25.1 Å². The molecule has 1 aliphatic heterocycles. The predicted octanol–water partition coefficient (Wildman–Crippen LogP) is 1.85. The first-order chi connectivity index (χ1) is 9.00. The highest BCUT2D eigenvalue weighted by atomic mass is 19.2. The fourth-order valence-electron chi connectivity index (χ4n) is 1.84. The van der Waals surface area contributed by atoms with Crippen LogP contribution in [0.5, 0.6) is 0 Å². The van der Waals surface area contributed by atoms with Gasteiger partial charge in [0, 0.05) is 18.5 Å². The SMILES string of the molecule is CC1(CCNC(=O)c2ccc(F)c(F)c2)OCCO1. The molecule has 19 heavy (non-hydrogen) atoms. The minimum absolute atomic E-state index is 0.0808. The fraction of sp³-hybridized carbons (Fsp3) is 0.462. The minimum Gasteiger partial charge on any atom is -0.352 e. The monoisotopic (exact) mass is 271 g/mol. The van der Waals surface area contributed by atoms with E-state index in [-0.39, 0.29) is 5.56 Å². The van der Waals surface area contributed by atoms with Crippen LogP contribution in [0, 0.1) is 11.6 Å². The molecule has 104 valence electrons. The first-order valence-electron chi connectivity index (χ1n) is 6.01. The molecule has 0 spiro atoms. The first-order valence-corrected chi connectivity index (χ1v) is 6.01. The Morgan fingerprint density at radius 3 is 2.63 bits per heavy atom. The van der Waals surface area contributed by atoms with Crippen molar-refractivity contribution < 1.29 is 23.0 Å². The summed E-state index contributed by atoms with van der Waals surface area (Å²) in [4.78, 5) is 11.7. The lowest BCUT2D eigenvalue weighted by Gasteiger charge is -2.22. The summed E-state index contributed by atoms with van der Waals surface area (Å²) in [6.07, 6.45) is 0.489. The van der Waals surface area contributed by atoms with E-state index >= 15 is 0 Å². The van der Waals surface area contributed by atoms with Gasteiger partial charge < -0.3 is 14.8 Å². The number of ether oxygens (including phenoxy) is 2. The molecular formula is C13H15F2NO3. The van der Waals surface area contributed by atoms with Crippen LogP contribution in [0.25, 0.3) is 0 Å². The van der Waals surface area contributed by atoms with Gasteiger partial charge in [-0.15, -0.1) is 0 Å². The van der Waals surface area contributed by atoms with Gasteiger partial charge in [-0.3, -0.25) is 4.79 Å². The molecule has 0 saturated carbocycles. The molecule has 0 atom stereocenters. The van der Waals surface area contributed by atoms with Crippen molar-refractivity contribution in [3.05, 3.63) is 35.4 Å². The number of rotatable bonds is 4. The molecule has 1 N–H and O–H groups in total. The number of benzene rings is 1. The van der Waals surface area contributed by atoms with E-state index in [1.54, 1.807) is 6.92 Å². The van der Waals surface area contributed by atoms with Gasteiger partial charge in [-0.25, -0.2) is 8.78 Å². The molecule has 0 aliphatic carbocycles. The van der Waals surface area contributed by atoms with Crippen LogP contribution in [-0.4, -0.2) is 31.5 Å². The first kappa shape index (κ1) is 13.9. The maximum Gasteiger partial charge on any atom is 0.251 e. The van der Waals surface area contributed by atoms with Gasteiger partial charge in [0.2, 0.25) is 0 Å². The zero-order valence-corrected chi connectivity index (χ0v) is 10.5. The van der Waals surface area contributed by atoms with E-state index in [2.05, 4.69) is 5.32 Å². The molecule has 0 aromatic heterocycles. The molecule has 6 heteroatoms. The fourth-order valence-corrected chi connectivity index (χ4v) is 1.84. The number of hydrogen-bond acceptors (Lipinski definition) is 3. The molecule has 1 amide bonds. The molecular weight excluding hydrogens is 256 g/mol. The van der Waals surface area contributed by atoms with Crippen molar-refractivity contribution >= 4 is 5.91 Å². The molecule has 1 aromatic rings. The number of hydrogen-bond donors (Lipinski definition) is 1. The average molecular weight is 271 g/mol. The van der Waals surface area contributed by atoms with Crippen molar-refractivity contribution in [3.63, 3.8) is 0 Å². The van der Waals surface area contributed by atoms with E-state index in [1.165, 1.54) is 6.07 Å². The topological polar surface area (TPSA) is 47.6 Å². The Morgan fingerprint density at radius 1 is 1.32 bits per heavy atom. The molecule has 0 radical (unpaired) electrons. The van der Waals surface area contributed by atoms with Gasteiger partial charge in [0.25, 0.3) is 5.91 Å². The molecule has 2 rings (SSSR count). The zero-order valence-electron chi connectivity index (χ0n) is 10.5. The lowest BCUT2D eigenvalue weighted by atomic mass is 10.2. The van der Waals surface area contributed by atoms with Crippen LogP contribution in [0.1, 0.15) is 23.7 Å². The van der Waals surface area contributed by atoms with Crippen LogP contribution in [0.3, 0.4) is 0 Å². The Balaban J connectivity index is 1.85. The summed E-state index contributed by atoms with van der Waals surface area (Å²) < 4.78 is 36.5. The quantitative estimate of drug-likeness (QED) is 0.909. The highest BCUT2D eigenvalue weighted by Gasteiger charge is 2.30. The molecule has 4 nitrogen and oxygen atoms in total. The van der Waals surface area contributed by atoms with E-state index in [0.29, 0.717) is 26.2 Å². The molecule has 0 bridgehead atoms. The van der Waals surface area contributed by atoms with E-state index in [9.17, 15) is 13.6 Å². The Morgan fingerprint density at radius 2 is 2.00 bits per heavy atom. The van der Waals surface area contributed by atoms with Crippen molar-refractivity contribution in [3.8, 4) is 0 Å². The number of halogens is 2. The Kier molecular flexibility index (Phi) is 4.11. The lowest BCUT2D eigenvalue weighted by Crippen LogP contribution is -2.33. The summed E-state index contributed by atoms with van der Waals surface area (Å²) in [7, 11) is 0. The molecule has 1 aliphatic rings. The van der Waals surface area contributed by atoms with E-state index in [1.807, 2.05) is 0 Å². The highest BCUT2D eigenvalue weighted by molar-refractivity contribution is 5.94. The predicted molar refractivity (Wildman–Crippen MR) is 63.6 cm³/mol. The van der Waals surface area contributed by atoms with E-state index in [0.717, 1.165) is 12.1 Å². The summed E-state index contributed by atoms with van der Waals surface area (Å²) in [5, 5.41) is 2.61. The molecule has 1 heterocycles. The van der Waals surface area contributed by atoms with Crippen LogP contribution in [0.4, 0.5) is 8.78 Å². The molecule has 1 saturated heterocycles. The molecule has 0 unspecified atom stereocenters. The van der Waals surface area contributed by atoms with Crippen molar-refractivity contribution in [2.45, 2.75) is 19.1 Å². The Bertz CT molecular complexity index is 473. The van der Waals surface area contributed by atoms with Crippen molar-refractivity contribution in [1.29, 1.82) is 0 Å². The number of carbonyl (C=O) groups excluding carboxylic acids is 1. The summed E-state index contributed by atoms with van der Waals surface area (Å²) >= 11 is 0. The maximum atomic E-state index is 13.0. The average Bonchev–Trinajstić information content (AvgIpc) is 2.79. The third kappa shape index (κ3) is 3.48. The normalized spacial score (nSPS) is 17.4. The maximum absolute atomic E-state index is 13.0. The third-order valence-electron chi connectivity index (χ3n) is 2.94. The van der Waals surface area contributed by atoms with Crippen LogP contribution < -0.4 is 5.32 Å². The summed E-state index contributed by atoms with van der Waals surface area (Å²) in [6.45, 7) is 3.19. The second-order valence-corrected chi connectivity index (χ2v) is 4.47. The highest BCUT2D eigenvalue weighted by Crippen LogP contribution is 2.21. The smallest absolute Gasteiger partial charge is 0.251 e. The van der Waals surface area contributed by atoms with Gasteiger partial charge in [0.15, 0.2) is 17.4 Å². The standard InChI is InChI=1S/C13H15F2NO3/c1-13(18-6-7-19-13)4-5-16-12(17)9-2-3-10(14)11(15)8-9/h2-3,8H,4-7H2,1H3,(H,16,17). The second kappa shape index (κ2) is 5.63. The molecule has 1 fully saturated rings. The van der Waals surface area contributed by atoms with E-state index in [4.69, 9.17) is 9.47 Å².